The van der Waals surface area contributed by atoms with Crippen LogP contribution in [-0.2, 0) is 5.54 Å². The first kappa shape index (κ1) is 15.3. The highest BCUT2D eigenvalue weighted by molar-refractivity contribution is 6.30. The molecule has 0 heterocycles. The Hall–Kier alpha value is -0.570. The van der Waals surface area contributed by atoms with Gasteiger partial charge in [-0.15, -0.1) is 0 Å². The molecule has 2 aliphatic carbocycles. The quantitative estimate of drug-likeness (QED) is 0.797. The zero-order valence-corrected chi connectivity index (χ0v) is 13.4. The Balaban J connectivity index is 1.83. The first-order valence-corrected chi connectivity index (χ1v) is 8.77. The number of hydrogen-bond acceptors (Lipinski definition) is 2. The number of nitrogens with one attached hydrogen (secondary N) is 1. The summed E-state index contributed by atoms with van der Waals surface area (Å²) in [6.45, 7) is 0.176. The van der Waals surface area contributed by atoms with Crippen molar-refractivity contribution in [1.82, 2.24) is 5.32 Å². The highest BCUT2D eigenvalue weighted by Gasteiger charge is 2.47. The van der Waals surface area contributed by atoms with E-state index in [1.165, 1.54) is 56.9 Å². The number of hydrogen-bond donors (Lipinski definition) is 2. The van der Waals surface area contributed by atoms with Crippen molar-refractivity contribution in [1.29, 1.82) is 0 Å². The number of benzene rings is 1. The van der Waals surface area contributed by atoms with Crippen LogP contribution in [0, 0.1) is 5.92 Å². The zero-order valence-electron chi connectivity index (χ0n) is 12.7. The smallest absolute Gasteiger partial charge is 0.0699 e. The second-order valence-electron chi connectivity index (χ2n) is 6.74. The van der Waals surface area contributed by atoms with E-state index in [1.54, 1.807) is 0 Å². The minimum Gasteiger partial charge on any atom is -0.394 e. The Labute approximate surface area is 132 Å². The van der Waals surface area contributed by atoms with Crippen molar-refractivity contribution >= 4 is 11.6 Å². The maximum absolute atomic E-state index is 10.2. The van der Waals surface area contributed by atoms with Gasteiger partial charge in [0.1, 0.15) is 0 Å². The fraction of sp³-hybridized carbons (Fsp3) is 0.667. The Morgan fingerprint density at radius 3 is 2.14 bits per heavy atom. The highest BCUT2D eigenvalue weighted by atomic mass is 35.5. The van der Waals surface area contributed by atoms with Crippen molar-refractivity contribution in [2.24, 2.45) is 5.92 Å². The van der Waals surface area contributed by atoms with Gasteiger partial charge in [-0.1, -0.05) is 49.4 Å². The summed E-state index contributed by atoms with van der Waals surface area (Å²) in [6.07, 6.45) is 10.2. The Bertz CT molecular complexity index is 449. The summed E-state index contributed by atoms with van der Waals surface area (Å²) in [4.78, 5) is 0. The second-order valence-corrected chi connectivity index (χ2v) is 7.18. The van der Waals surface area contributed by atoms with Gasteiger partial charge < -0.3 is 10.4 Å². The standard InChI is InChI=1S/C18H26ClNO/c19-16-11-9-15(10-12-16)18(13-21,14-7-8-14)20-17-5-3-1-2-4-6-17/h9-12,14,17,20-21H,1-8,13H2. The minimum absolute atomic E-state index is 0.176. The van der Waals surface area contributed by atoms with Crippen molar-refractivity contribution in [3.63, 3.8) is 0 Å². The van der Waals surface area contributed by atoms with Crippen LogP contribution >= 0.6 is 11.6 Å². The van der Waals surface area contributed by atoms with E-state index in [0.717, 1.165) is 5.02 Å². The van der Waals surface area contributed by atoms with E-state index >= 15 is 0 Å². The lowest BCUT2D eigenvalue weighted by Gasteiger charge is -2.38. The number of halogens is 1. The molecule has 21 heavy (non-hydrogen) atoms. The first-order chi connectivity index (χ1) is 10.2. The molecule has 0 amide bonds. The molecule has 0 spiro atoms. The lowest BCUT2D eigenvalue weighted by molar-refractivity contribution is 0.121. The van der Waals surface area contributed by atoms with Crippen LogP contribution in [-0.4, -0.2) is 17.8 Å². The van der Waals surface area contributed by atoms with Gasteiger partial charge in [0, 0.05) is 11.1 Å². The highest BCUT2D eigenvalue weighted by Crippen LogP contribution is 2.46. The van der Waals surface area contributed by atoms with Crippen molar-refractivity contribution in [2.75, 3.05) is 6.61 Å². The molecule has 0 aromatic heterocycles. The third kappa shape index (κ3) is 3.44. The van der Waals surface area contributed by atoms with Gasteiger partial charge in [-0.3, -0.25) is 0 Å². The van der Waals surface area contributed by atoms with E-state index < -0.39 is 0 Å². The predicted octanol–water partition coefficient (Wildman–Crippen LogP) is 4.25. The largest absolute Gasteiger partial charge is 0.394 e. The van der Waals surface area contributed by atoms with Crippen molar-refractivity contribution in [3.05, 3.63) is 34.9 Å². The van der Waals surface area contributed by atoms with Crippen molar-refractivity contribution in [2.45, 2.75) is 62.9 Å². The van der Waals surface area contributed by atoms with Gasteiger partial charge in [-0.2, -0.15) is 0 Å². The summed E-state index contributed by atoms with van der Waals surface area (Å²) >= 11 is 6.03. The van der Waals surface area contributed by atoms with Gasteiger partial charge in [0.2, 0.25) is 0 Å². The zero-order chi connectivity index (χ0) is 14.7. The molecule has 2 aliphatic rings. The summed E-state index contributed by atoms with van der Waals surface area (Å²) in [5, 5.41) is 14.8. The average molecular weight is 308 g/mol. The first-order valence-electron chi connectivity index (χ1n) is 8.39. The molecule has 1 unspecified atom stereocenters. The van der Waals surface area contributed by atoms with E-state index in [0.29, 0.717) is 12.0 Å². The molecule has 2 fully saturated rings. The molecule has 0 aliphatic heterocycles. The molecule has 116 valence electrons. The van der Waals surface area contributed by atoms with Crippen LogP contribution in [0.5, 0.6) is 0 Å². The molecule has 0 saturated heterocycles. The average Bonchev–Trinajstić information content (AvgIpc) is 3.33. The van der Waals surface area contributed by atoms with Gasteiger partial charge in [0.15, 0.2) is 0 Å². The molecule has 0 radical (unpaired) electrons. The molecule has 3 rings (SSSR count). The molecule has 3 heteroatoms. The normalized spacial score (nSPS) is 23.5. The Kier molecular flexibility index (Phi) is 4.88. The summed E-state index contributed by atoms with van der Waals surface area (Å²) < 4.78 is 0. The van der Waals surface area contributed by atoms with E-state index in [-0.39, 0.29) is 12.1 Å². The number of rotatable bonds is 5. The fourth-order valence-corrected chi connectivity index (χ4v) is 3.94. The molecular formula is C18H26ClNO. The van der Waals surface area contributed by atoms with Gasteiger partial charge in [0.05, 0.1) is 12.1 Å². The molecule has 1 atom stereocenters. The third-order valence-corrected chi connectivity index (χ3v) is 5.45. The Morgan fingerprint density at radius 2 is 1.62 bits per heavy atom. The summed E-state index contributed by atoms with van der Waals surface area (Å²) in [5.41, 5.74) is 0.931. The molecule has 0 bridgehead atoms. The predicted molar refractivity (Wildman–Crippen MR) is 87.6 cm³/mol. The van der Waals surface area contributed by atoms with E-state index in [4.69, 9.17) is 11.6 Å². The van der Waals surface area contributed by atoms with E-state index in [9.17, 15) is 5.11 Å². The molecule has 1 aromatic rings. The summed E-state index contributed by atoms with van der Waals surface area (Å²) in [6, 6.07) is 8.59. The van der Waals surface area contributed by atoms with E-state index in [1.807, 2.05) is 12.1 Å². The molecule has 2 nitrogen and oxygen atoms in total. The summed E-state index contributed by atoms with van der Waals surface area (Å²) in [5.74, 6) is 0.562. The maximum Gasteiger partial charge on any atom is 0.0699 e. The number of aliphatic hydroxyl groups is 1. The topological polar surface area (TPSA) is 32.3 Å². The van der Waals surface area contributed by atoms with Crippen LogP contribution in [0.2, 0.25) is 5.02 Å². The lowest BCUT2D eigenvalue weighted by atomic mass is 9.84. The van der Waals surface area contributed by atoms with Crippen LogP contribution in [0.15, 0.2) is 24.3 Å². The van der Waals surface area contributed by atoms with Gasteiger partial charge >= 0.3 is 0 Å². The molecule has 2 saturated carbocycles. The monoisotopic (exact) mass is 307 g/mol. The SMILES string of the molecule is OCC(NC1CCCCCC1)(c1ccc(Cl)cc1)C1CC1. The van der Waals surface area contributed by atoms with Crippen molar-refractivity contribution < 1.29 is 5.11 Å². The van der Waals surface area contributed by atoms with Crippen LogP contribution in [0.1, 0.15) is 56.9 Å². The Morgan fingerprint density at radius 1 is 1.00 bits per heavy atom. The third-order valence-electron chi connectivity index (χ3n) is 5.20. The molecular weight excluding hydrogens is 282 g/mol. The second kappa shape index (κ2) is 6.68. The van der Waals surface area contributed by atoms with Gasteiger partial charge in [0.25, 0.3) is 0 Å². The minimum atomic E-state index is -0.264. The molecule has 2 N–H and O–H groups in total. The maximum atomic E-state index is 10.2. The number of aliphatic hydroxyl groups excluding tert-OH is 1. The van der Waals surface area contributed by atoms with Crippen molar-refractivity contribution in [3.8, 4) is 0 Å². The van der Waals surface area contributed by atoms with Crippen LogP contribution in [0.3, 0.4) is 0 Å². The van der Waals surface area contributed by atoms with E-state index in [2.05, 4.69) is 17.4 Å². The van der Waals surface area contributed by atoms with Gasteiger partial charge in [-0.05, 0) is 49.3 Å². The van der Waals surface area contributed by atoms with Gasteiger partial charge in [-0.25, -0.2) is 0 Å². The summed E-state index contributed by atoms with van der Waals surface area (Å²) in [7, 11) is 0. The molecule has 1 aromatic carbocycles. The van der Waals surface area contributed by atoms with Crippen LogP contribution in [0.4, 0.5) is 0 Å². The van der Waals surface area contributed by atoms with Crippen LogP contribution < -0.4 is 5.32 Å². The fourth-order valence-electron chi connectivity index (χ4n) is 3.81. The lowest BCUT2D eigenvalue weighted by Crippen LogP contribution is -2.52. The van der Waals surface area contributed by atoms with Crippen LogP contribution in [0.25, 0.3) is 0 Å².